The SMILES string of the molecule is Cc1nsc(N)c1-c1nc2c(C)cccc2[nH]1. The maximum Gasteiger partial charge on any atom is 0.143 e. The molecule has 3 rings (SSSR count). The van der Waals surface area contributed by atoms with Crippen LogP contribution >= 0.6 is 11.5 Å². The molecule has 0 radical (unpaired) electrons. The third kappa shape index (κ3) is 1.51. The summed E-state index contributed by atoms with van der Waals surface area (Å²) in [5.41, 5.74) is 11.0. The number of aromatic nitrogens is 3. The zero-order valence-corrected chi connectivity index (χ0v) is 10.4. The molecule has 86 valence electrons. The van der Waals surface area contributed by atoms with Gasteiger partial charge >= 0.3 is 0 Å². The first-order chi connectivity index (χ1) is 8.16. The Morgan fingerprint density at radius 3 is 2.76 bits per heavy atom. The fourth-order valence-corrected chi connectivity index (χ4v) is 2.63. The fourth-order valence-electron chi connectivity index (χ4n) is 1.97. The second kappa shape index (κ2) is 3.56. The van der Waals surface area contributed by atoms with Crippen molar-refractivity contribution in [3.8, 4) is 11.4 Å². The predicted molar refractivity (Wildman–Crippen MR) is 71.1 cm³/mol. The summed E-state index contributed by atoms with van der Waals surface area (Å²) in [7, 11) is 0. The number of aromatic amines is 1. The molecule has 0 aliphatic carbocycles. The zero-order valence-electron chi connectivity index (χ0n) is 9.61. The van der Waals surface area contributed by atoms with Gasteiger partial charge in [-0.15, -0.1) is 0 Å². The summed E-state index contributed by atoms with van der Waals surface area (Å²) in [5, 5.41) is 0.708. The van der Waals surface area contributed by atoms with E-state index in [9.17, 15) is 0 Å². The van der Waals surface area contributed by atoms with Gasteiger partial charge in [0.15, 0.2) is 0 Å². The number of benzene rings is 1. The highest BCUT2D eigenvalue weighted by Crippen LogP contribution is 2.31. The van der Waals surface area contributed by atoms with Gasteiger partial charge in [0, 0.05) is 0 Å². The van der Waals surface area contributed by atoms with Crippen molar-refractivity contribution in [1.29, 1.82) is 0 Å². The molecule has 0 aliphatic heterocycles. The van der Waals surface area contributed by atoms with Crippen molar-refractivity contribution in [3.05, 3.63) is 29.5 Å². The Morgan fingerprint density at radius 1 is 1.29 bits per heavy atom. The Balaban J connectivity index is 2.29. The van der Waals surface area contributed by atoms with E-state index in [1.165, 1.54) is 11.5 Å². The van der Waals surface area contributed by atoms with Gasteiger partial charge in [0.2, 0.25) is 0 Å². The van der Waals surface area contributed by atoms with E-state index in [1.807, 2.05) is 19.1 Å². The molecule has 3 aromatic rings. The Kier molecular flexibility index (Phi) is 2.16. The van der Waals surface area contributed by atoms with Gasteiger partial charge in [0.05, 0.1) is 22.3 Å². The molecule has 1 aromatic carbocycles. The molecular weight excluding hydrogens is 232 g/mol. The van der Waals surface area contributed by atoms with Gasteiger partial charge in [0.1, 0.15) is 10.8 Å². The van der Waals surface area contributed by atoms with Crippen LogP contribution in [0.5, 0.6) is 0 Å². The summed E-state index contributed by atoms with van der Waals surface area (Å²) in [6.07, 6.45) is 0. The van der Waals surface area contributed by atoms with Crippen molar-refractivity contribution >= 4 is 27.6 Å². The number of nitrogens with zero attached hydrogens (tertiary/aromatic N) is 2. The highest BCUT2D eigenvalue weighted by molar-refractivity contribution is 7.10. The van der Waals surface area contributed by atoms with Crippen LogP contribution in [0.2, 0.25) is 0 Å². The van der Waals surface area contributed by atoms with Crippen LogP contribution in [0.25, 0.3) is 22.4 Å². The minimum Gasteiger partial charge on any atom is -0.389 e. The molecule has 4 nitrogen and oxygen atoms in total. The summed E-state index contributed by atoms with van der Waals surface area (Å²) in [5.74, 6) is 0.804. The van der Waals surface area contributed by atoms with Crippen molar-refractivity contribution in [2.75, 3.05) is 5.73 Å². The number of nitrogens with one attached hydrogen (secondary N) is 1. The van der Waals surface area contributed by atoms with Crippen molar-refractivity contribution in [3.63, 3.8) is 0 Å². The third-order valence-electron chi connectivity index (χ3n) is 2.84. The monoisotopic (exact) mass is 244 g/mol. The largest absolute Gasteiger partial charge is 0.389 e. The average molecular weight is 244 g/mol. The van der Waals surface area contributed by atoms with Crippen molar-refractivity contribution in [2.45, 2.75) is 13.8 Å². The van der Waals surface area contributed by atoms with E-state index in [0.717, 1.165) is 33.7 Å². The average Bonchev–Trinajstić information content (AvgIpc) is 2.84. The normalized spacial score (nSPS) is 11.2. The Hall–Kier alpha value is -1.88. The van der Waals surface area contributed by atoms with Gasteiger partial charge in [-0.1, -0.05) is 12.1 Å². The maximum atomic E-state index is 5.93. The van der Waals surface area contributed by atoms with E-state index in [0.29, 0.717) is 5.00 Å². The lowest BCUT2D eigenvalue weighted by Gasteiger charge is -1.94. The van der Waals surface area contributed by atoms with E-state index >= 15 is 0 Å². The summed E-state index contributed by atoms with van der Waals surface area (Å²) >= 11 is 1.31. The lowest BCUT2D eigenvalue weighted by atomic mass is 10.2. The number of para-hydroxylation sites is 1. The standard InChI is InChI=1S/C12H12N4S/c1-6-4-3-5-8-10(6)15-12(14-8)9-7(2)16-17-11(9)13/h3-5H,13H2,1-2H3,(H,14,15). The Labute approximate surface area is 103 Å². The van der Waals surface area contributed by atoms with Gasteiger partial charge in [-0.2, -0.15) is 4.37 Å². The van der Waals surface area contributed by atoms with Crippen LogP contribution in [0, 0.1) is 13.8 Å². The lowest BCUT2D eigenvalue weighted by molar-refractivity contribution is 1.28. The van der Waals surface area contributed by atoms with Crippen molar-refractivity contribution < 1.29 is 0 Å². The molecule has 2 aromatic heterocycles. The zero-order chi connectivity index (χ0) is 12.0. The van der Waals surface area contributed by atoms with Gasteiger partial charge in [-0.25, -0.2) is 4.98 Å². The van der Waals surface area contributed by atoms with Gasteiger partial charge in [0.25, 0.3) is 0 Å². The van der Waals surface area contributed by atoms with E-state index in [2.05, 4.69) is 27.3 Å². The van der Waals surface area contributed by atoms with E-state index < -0.39 is 0 Å². The molecule has 0 saturated heterocycles. The molecule has 0 unspecified atom stereocenters. The van der Waals surface area contributed by atoms with Gasteiger partial charge < -0.3 is 10.7 Å². The molecule has 0 amide bonds. The van der Waals surface area contributed by atoms with E-state index in [1.54, 1.807) is 0 Å². The van der Waals surface area contributed by atoms with Gasteiger partial charge in [-0.3, -0.25) is 0 Å². The maximum absolute atomic E-state index is 5.93. The molecule has 0 aliphatic rings. The molecule has 0 atom stereocenters. The summed E-state index contributed by atoms with van der Waals surface area (Å²) in [4.78, 5) is 7.90. The Bertz CT molecular complexity index is 676. The number of imidazole rings is 1. The number of anilines is 1. The molecule has 2 heterocycles. The number of nitrogen functional groups attached to an aromatic ring is 1. The minimum atomic E-state index is 0.708. The molecule has 0 saturated carbocycles. The predicted octanol–water partition coefficient (Wildman–Crippen LogP) is 2.89. The Morgan fingerprint density at radius 2 is 2.12 bits per heavy atom. The number of fused-ring (bicyclic) bond motifs is 1. The third-order valence-corrected chi connectivity index (χ3v) is 3.61. The highest BCUT2D eigenvalue weighted by Gasteiger charge is 2.14. The lowest BCUT2D eigenvalue weighted by Crippen LogP contribution is -1.87. The molecule has 3 N–H and O–H groups in total. The van der Waals surface area contributed by atoms with Crippen LogP contribution < -0.4 is 5.73 Å². The molecule has 0 spiro atoms. The molecule has 5 heteroatoms. The second-order valence-corrected chi connectivity index (χ2v) is 4.87. The molecule has 0 fully saturated rings. The van der Waals surface area contributed by atoms with Crippen LogP contribution in [0.4, 0.5) is 5.00 Å². The first-order valence-corrected chi connectivity index (χ1v) is 6.11. The number of hydrogen-bond acceptors (Lipinski definition) is 4. The molecular formula is C12H12N4S. The number of nitrogens with two attached hydrogens (primary N) is 1. The van der Waals surface area contributed by atoms with Crippen LogP contribution in [0.1, 0.15) is 11.3 Å². The first kappa shape index (κ1) is 10.3. The van der Waals surface area contributed by atoms with Gasteiger partial charge in [-0.05, 0) is 37.0 Å². The van der Waals surface area contributed by atoms with Crippen LogP contribution in [0.3, 0.4) is 0 Å². The first-order valence-electron chi connectivity index (χ1n) is 5.34. The molecule has 17 heavy (non-hydrogen) atoms. The summed E-state index contributed by atoms with van der Waals surface area (Å²) in [6.45, 7) is 4.00. The van der Waals surface area contributed by atoms with Crippen molar-refractivity contribution in [1.82, 2.24) is 14.3 Å². The number of hydrogen-bond donors (Lipinski definition) is 2. The van der Waals surface area contributed by atoms with E-state index in [4.69, 9.17) is 5.73 Å². The number of H-pyrrole nitrogens is 1. The summed E-state index contributed by atoms with van der Waals surface area (Å²) in [6, 6.07) is 6.08. The number of aryl methyl sites for hydroxylation is 2. The molecule has 0 bridgehead atoms. The fraction of sp³-hybridized carbons (Fsp3) is 0.167. The van der Waals surface area contributed by atoms with Crippen molar-refractivity contribution in [2.24, 2.45) is 0 Å². The number of rotatable bonds is 1. The topological polar surface area (TPSA) is 67.6 Å². The van der Waals surface area contributed by atoms with Crippen LogP contribution in [-0.4, -0.2) is 14.3 Å². The quantitative estimate of drug-likeness (QED) is 0.691. The highest BCUT2D eigenvalue weighted by atomic mass is 32.1. The van der Waals surface area contributed by atoms with Crippen LogP contribution in [0.15, 0.2) is 18.2 Å². The summed E-state index contributed by atoms with van der Waals surface area (Å²) < 4.78 is 4.24. The second-order valence-electron chi connectivity index (χ2n) is 4.06. The minimum absolute atomic E-state index is 0.708. The smallest absolute Gasteiger partial charge is 0.143 e. The van der Waals surface area contributed by atoms with E-state index in [-0.39, 0.29) is 0 Å². The van der Waals surface area contributed by atoms with Crippen LogP contribution in [-0.2, 0) is 0 Å².